The van der Waals surface area contributed by atoms with Crippen molar-refractivity contribution in [3.05, 3.63) is 23.9 Å². The predicted molar refractivity (Wildman–Crippen MR) is 75.1 cm³/mol. The fourth-order valence-electron chi connectivity index (χ4n) is 1.92. The molecule has 0 aliphatic carbocycles. The molecule has 6 heteroatoms. The lowest BCUT2D eigenvalue weighted by Gasteiger charge is -2.05. The SMILES string of the molecule is CCC(=O)Nc1c(C(=O)OC)[nH]c2cc(OC)ccc12. The third kappa shape index (κ3) is 2.45. The Hall–Kier alpha value is -2.50. The van der Waals surface area contributed by atoms with Gasteiger partial charge < -0.3 is 19.8 Å². The maximum atomic E-state index is 11.8. The van der Waals surface area contributed by atoms with E-state index >= 15 is 0 Å². The maximum absolute atomic E-state index is 11.8. The van der Waals surface area contributed by atoms with Crippen LogP contribution in [0.4, 0.5) is 5.69 Å². The van der Waals surface area contributed by atoms with E-state index in [1.54, 1.807) is 32.2 Å². The normalized spacial score (nSPS) is 10.3. The van der Waals surface area contributed by atoms with E-state index in [4.69, 9.17) is 9.47 Å². The number of hydrogen-bond donors (Lipinski definition) is 2. The summed E-state index contributed by atoms with van der Waals surface area (Å²) in [7, 11) is 2.85. The van der Waals surface area contributed by atoms with Gasteiger partial charge in [-0.05, 0) is 12.1 Å². The van der Waals surface area contributed by atoms with Gasteiger partial charge in [0.25, 0.3) is 0 Å². The van der Waals surface area contributed by atoms with Gasteiger partial charge in [-0.1, -0.05) is 6.92 Å². The van der Waals surface area contributed by atoms with Crippen LogP contribution >= 0.6 is 0 Å². The Labute approximate surface area is 116 Å². The van der Waals surface area contributed by atoms with E-state index in [0.29, 0.717) is 23.4 Å². The molecule has 2 aromatic rings. The number of nitrogens with one attached hydrogen (secondary N) is 2. The van der Waals surface area contributed by atoms with Gasteiger partial charge in [0.15, 0.2) is 0 Å². The molecule has 2 N–H and O–H groups in total. The highest BCUT2D eigenvalue weighted by Crippen LogP contribution is 2.31. The lowest BCUT2D eigenvalue weighted by molar-refractivity contribution is -0.115. The lowest BCUT2D eigenvalue weighted by atomic mass is 10.2. The van der Waals surface area contributed by atoms with Gasteiger partial charge in [0.05, 0.1) is 25.4 Å². The van der Waals surface area contributed by atoms with Gasteiger partial charge in [-0.3, -0.25) is 4.79 Å². The minimum atomic E-state index is -0.536. The Bertz CT molecular complexity index is 660. The van der Waals surface area contributed by atoms with E-state index < -0.39 is 5.97 Å². The second kappa shape index (κ2) is 5.64. The minimum Gasteiger partial charge on any atom is -0.497 e. The number of anilines is 1. The molecular weight excluding hydrogens is 260 g/mol. The molecule has 1 amide bonds. The van der Waals surface area contributed by atoms with Crippen LogP contribution in [-0.4, -0.2) is 31.1 Å². The molecule has 20 heavy (non-hydrogen) atoms. The molecule has 0 radical (unpaired) electrons. The summed E-state index contributed by atoms with van der Waals surface area (Å²) in [5, 5.41) is 3.45. The molecule has 2 rings (SSSR count). The van der Waals surface area contributed by atoms with Crippen LogP contribution in [0.5, 0.6) is 5.75 Å². The Morgan fingerprint density at radius 2 is 2.05 bits per heavy atom. The summed E-state index contributed by atoms with van der Waals surface area (Å²) in [4.78, 5) is 26.3. The van der Waals surface area contributed by atoms with E-state index in [2.05, 4.69) is 10.3 Å². The van der Waals surface area contributed by atoms with Crippen molar-refractivity contribution >= 4 is 28.5 Å². The summed E-state index contributed by atoms with van der Waals surface area (Å²) in [6.07, 6.45) is 0.323. The van der Waals surface area contributed by atoms with Crippen LogP contribution in [0.2, 0.25) is 0 Å². The predicted octanol–water partition coefficient (Wildman–Crippen LogP) is 2.31. The van der Waals surface area contributed by atoms with E-state index in [0.717, 1.165) is 5.39 Å². The Morgan fingerprint density at radius 1 is 1.30 bits per heavy atom. The first-order valence-corrected chi connectivity index (χ1v) is 6.18. The van der Waals surface area contributed by atoms with Crippen molar-refractivity contribution in [2.75, 3.05) is 19.5 Å². The van der Waals surface area contributed by atoms with Crippen LogP contribution in [0.25, 0.3) is 10.9 Å². The smallest absolute Gasteiger partial charge is 0.356 e. The van der Waals surface area contributed by atoms with Crippen molar-refractivity contribution in [3.63, 3.8) is 0 Å². The second-order valence-electron chi connectivity index (χ2n) is 4.18. The highest BCUT2D eigenvalue weighted by molar-refractivity contribution is 6.11. The molecular formula is C14H16N2O4. The van der Waals surface area contributed by atoms with Gasteiger partial charge in [-0.2, -0.15) is 0 Å². The van der Waals surface area contributed by atoms with Crippen LogP contribution in [0.1, 0.15) is 23.8 Å². The van der Waals surface area contributed by atoms with Gasteiger partial charge in [-0.15, -0.1) is 0 Å². The zero-order valence-electron chi connectivity index (χ0n) is 11.6. The number of benzene rings is 1. The standard InChI is InChI=1S/C14H16N2O4/c1-4-11(17)16-12-9-6-5-8(19-2)7-10(9)15-13(12)14(18)20-3/h5-7,15H,4H2,1-3H3,(H,16,17). The zero-order valence-corrected chi connectivity index (χ0v) is 11.6. The molecule has 0 saturated heterocycles. The molecule has 0 unspecified atom stereocenters. The number of fused-ring (bicyclic) bond motifs is 1. The third-order valence-electron chi connectivity index (χ3n) is 2.98. The number of hydrogen-bond acceptors (Lipinski definition) is 4. The molecule has 0 spiro atoms. The van der Waals surface area contributed by atoms with Crippen molar-refractivity contribution in [1.29, 1.82) is 0 Å². The van der Waals surface area contributed by atoms with Gasteiger partial charge >= 0.3 is 5.97 Å². The van der Waals surface area contributed by atoms with Gasteiger partial charge in [0, 0.05) is 17.9 Å². The van der Waals surface area contributed by atoms with Crippen LogP contribution in [0.3, 0.4) is 0 Å². The van der Waals surface area contributed by atoms with Crippen molar-refractivity contribution in [1.82, 2.24) is 4.98 Å². The Kier molecular flexibility index (Phi) is 3.93. The van der Waals surface area contributed by atoms with Crippen molar-refractivity contribution < 1.29 is 19.1 Å². The van der Waals surface area contributed by atoms with E-state index in [9.17, 15) is 9.59 Å². The van der Waals surface area contributed by atoms with Crippen LogP contribution in [0, 0.1) is 0 Å². The quantitative estimate of drug-likeness (QED) is 0.840. The molecule has 0 fully saturated rings. The molecule has 106 valence electrons. The number of esters is 1. The molecule has 0 aliphatic rings. The number of ether oxygens (including phenoxy) is 2. The summed E-state index contributed by atoms with van der Waals surface area (Å²) in [5.74, 6) is -0.0537. The fourth-order valence-corrected chi connectivity index (χ4v) is 1.92. The van der Waals surface area contributed by atoms with E-state index in [-0.39, 0.29) is 11.6 Å². The third-order valence-corrected chi connectivity index (χ3v) is 2.98. The minimum absolute atomic E-state index is 0.174. The Morgan fingerprint density at radius 3 is 2.65 bits per heavy atom. The number of carbonyl (C=O) groups excluding carboxylic acids is 2. The Balaban J connectivity index is 2.59. The summed E-state index contributed by atoms with van der Waals surface area (Å²) in [6.45, 7) is 1.74. The van der Waals surface area contributed by atoms with Crippen molar-refractivity contribution in [3.8, 4) is 5.75 Å². The van der Waals surface area contributed by atoms with E-state index in [1.165, 1.54) is 7.11 Å². The molecule has 0 saturated carbocycles. The number of amides is 1. The van der Waals surface area contributed by atoms with Crippen molar-refractivity contribution in [2.45, 2.75) is 13.3 Å². The fraction of sp³-hybridized carbons (Fsp3) is 0.286. The average molecular weight is 276 g/mol. The maximum Gasteiger partial charge on any atom is 0.356 e. The average Bonchev–Trinajstić information content (AvgIpc) is 2.83. The molecule has 0 bridgehead atoms. The van der Waals surface area contributed by atoms with Gasteiger partial charge in [0.2, 0.25) is 5.91 Å². The van der Waals surface area contributed by atoms with E-state index in [1.807, 2.05) is 0 Å². The number of carbonyl (C=O) groups is 2. The lowest BCUT2D eigenvalue weighted by Crippen LogP contribution is -2.13. The summed E-state index contributed by atoms with van der Waals surface area (Å²) in [6, 6.07) is 5.30. The topological polar surface area (TPSA) is 80.4 Å². The van der Waals surface area contributed by atoms with Crippen LogP contribution in [0.15, 0.2) is 18.2 Å². The summed E-state index contributed by atoms with van der Waals surface area (Å²) < 4.78 is 9.86. The molecule has 0 atom stereocenters. The first kappa shape index (κ1) is 13.9. The van der Waals surface area contributed by atoms with Gasteiger partial charge in [-0.25, -0.2) is 4.79 Å². The number of H-pyrrole nitrogens is 1. The first-order chi connectivity index (χ1) is 9.60. The van der Waals surface area contributed by atoms with Crippen LogP contribution in [-0.2, 0) is 9.53 Å². The first-order valence-electron chi connectivity index (χ1n) is 6.18. The monoisotopic (exact) mass is 276 g/mol. The second-order valence-corrected chi connectivity index (χ2v) is 4.18. The molecule has 1 heterocycles. The molecule has 1 aromatic carbocycles. The van der Waals surface area contributed by atoms with Gasteiger partial charge in [0.1, 0.15) is 11.4 Å². The molecule has 6 nitrogen and oxygen atoms in total. The van der Waals surface area contributed by atoms with Crippen molar-refractivity contribution in [2.24, 2.45) is 0 Å². The number of aromatic amines is 1. The van der Waals surface area contributed by atoms with Crippen LogP contribution < -0.4 is 10.1 Å². The highest BCUT2D eigenvalue weighted by Gasteiger charge is 2.20. The number of aromatic nitrogens is 1. The highest BCUT2D eigenvalue weighted by atomic mass is 16.5. The summed E-state index contributed by atoms with van der Waals surface area (Å²) in [5.41, 5.74) is 1.34. The summed E-state index contributed by atoms with van der Waals surface area (Å²) >= 11 is 0. The number of rotatable bonds is 4. The molecule has 1 aromatic heterocycles. The number of methoxy groups -OCH3 is 2. The largest absolute Gasteiger partial charge is 0.497 e. The molecule has 0 aliphatic heterocycles. The zero-order chi connectivity index (χ0) is 14.7.